The first-order chi connectivity index (χ1) is 17.9. The summed E-state index contributed by atoms with van der Waals surface area (Å²) in [5.41, 5.74) is 2.79. The van der Waals surface area contributed by atoms with Crippen molar-refractivity contribution in [1.82, 2.24) is 15.6 Å². The molecule has 37 heavy (non-hydrogen) atoms. The highest BCUT2D eigenvalue weighted by Crippen LogP contribution is 2.38. The molecule has 2 N–H and O–H groups in total. The molecule has 5 rings (SSSR count). The first kappa shape index (κ1) is 24.7. The first-order valence-electron chi connectivity index (χ1n) is 12.6. The molecule has 1 aromatic heterocycles. The quantitative estimate of drug-likeness (QED) is 0.501. The molecule has 8 heteroatoms. The van der Waals surface area contributed by atoms with Crippen LogP contribution in [-0.4, -0.2) is 42.0 Å². The minimum absolute atomic E-state index is 0.0663. The summed E-state index contributed by atoms with van der Waals surface area (Å²) in [6.07, 6.45) is 5.42. The summed E-state index contributed by atoms with van der Waals surface area (Å²) in [6, 6.07) is 16.0. The summed E-state index contributed by atoms with van der Waals surface area (Å²) in [6.45, 7) is 2.22. The van der Waals surface area contributed by atoms with Gasteiger partial charge in [0.25, 0.3) is 11.8 Å². The second-order valence-electron chi connectivity index (χ2n) is 9.78. The number of fused-ring (bicyclic) bond motifs is 2. The maximum Gasteiger partial charge on any atom is 0.253 e. The molecular formula is C29H31FN4O3. The van der Waals surface area contributed by atoms with Crippen molar-refractivity contribution in [3.63, 3.8) is 0 Å². The maximum absolute atomic E-state index is 13.1. The number of halogens is 1. The fourth-order valence-electron chi connectivity index (χ4n) is 5.57. The number of aromatic nitrogens is 1. The van der Waals surface area contributed by atoms with Crippen molar-refractivity contribution in [2.24, 2.45) is 0 Å². The number of nitrogens with zero attached hydrogens (tertiary/aromatic N) is 2. The number of benzene rings is 2. The first-order valence-corrected chi connectivity index (χ1v) is 12.6. The predicted octanol–water partition coefficient (Wildman–Crippen LogP) is 4.40. The molecule has 3 heterocycles. The van der Waals surface area contributed by atoms with Gasteiger partial charge in [-0.05, 0) is 74.6 Å². The number of hydrogen-bond donors (Lipinski definition) is 2. The fourth-order valence-corrected chi connectivity index (χ4v) is 5.57. The van der Waals surface area contributed by atoms with Crippen LogP contribution in [0.1, 0.15) is 57.5 Å². The molecule has 0 aliphatic carbocycles. The second-order valence-corrected chi connectivity index (χ2v) is 9.78. The van der Waals surface area contributed by atoms with Gasteiger partial charge in [0.2, 0.25) is 0 Å². The molecule has 2 amide bonds. The molecule has 0 saturated carbocycles. The summed E-state index contributed by atoms with van der Waals surface area (Å²) in [5, 5.41) is 6.09. The van der Waals surface area contributed by atoms with E-state index in [0.717, 1.165) is 42.6 Å². The minimum Gasteiger partial charge on any atom is -0.496 e. The van der Waals surface area contributed by atoms with Gasteiger partial charge in [-0.25, -0.2) is 9.37 Å². The Kier molecular flexibility index (Phi) is 7.08. The van der Waals surface area contributed by atoms with E-state index in [2.05, 4.69) is 20.5 Å². The van der Waals surface area contributed by atoms with Crippen LogP contribution < -0.4 is 20.3 Å². The number of piperidine rings is 1. The number of carbonyl (C=O) groups excluding carboxylic acids is 2. The normalized spacial score (nSPS) is 20.4. The van der Waals surface area contributed by atoms with Gasteiger partial charge in [0.15, 0.2) is 0 Å². The van der Waals surface area contributed by atoms with Gasteiger partial charge < -0.3 is 20.3 Å². The van der Waals surface area contributed by atoms with E-state index in [1.54, 1.807) is 31.5 Å². The van der Waals surface area contributed by atoms with Crippen molar-refractivity contribution in [3.05, 3.63) is 88.9 Å². The molecule has 7 nitrogen and oxygen atoms in total. The Bertz CT molecular complexity index is 1270. The summed E-state index contributed by atoms with van der Waals surface area (Å²) in [4.78, 5) is 32.5. The molecule has 3 atom stereocenters. The molecule has 2 bridgehead atoms. The van der Waals surface area contributed by atoms with E-state index < -0.39 is 0 Å². The average molecular weight is 503 g/mol. The Morgan fingerprint density at radius 3 is 2.41 bits per heavy atom. The van der Waals surface area contributed by atoms with Gasteiger partial charge in [-0.3, -0.25) is 9.59 Å². The molecule has 0 radical (unpaired) electrons. The lowest BCUT2D eigenvalue weighted by Crippen LogP contribution is -2.50. The van der Waals surface area contributed by atoms with Gasteiger partial charge in [-0.15, -0.1) is 0 Å². The number of pyridine rings is 1. The Hall–Kier alpha value is -3.94. The molecule has 0 unspecified atom stereocenters. The molecule has 2 aromatic carbocycles. The van der Waals surface area contributed by atoms with Gasteiger partial charge in [0, 0.05) is 42.0 Å². The lowest BCUT2D eigenvalue weighted by Gasteiger charge is -2.40. The number of anilines is 1. The highest BCUT2D eigenvalue weighted by atomic mass is 19.1. The minimum atomic E-state index is -0.304. The van der Waals surface area contributed by atoms with E-state index in [1.165, 1.54) is 12.1 Å². The average Bonchev–Trinajstić information content (AvgIpc) is 3.18. The van der Waals surface area contributed by atoms with Gasteiger partial charge >= 0.3 is 0 Å². The summed E-state index contributed by atoms with van der Waals surface area (Å²) < 4.78 is 18.4. The van der Waals surface area contributed by atoms with Crippen molar-refractivity contribution >= 4 is 17.6 Å². The largest absolute Gasteiger partial charge is 0.496 e. The van der Waals surface area contributed by atoms with Crippen LogP contribution in [0.2, 0.25) is 0 Å². The Balaban J connectivity index is 1.19. The van der Waals surface area contributed by atoms with E-state index in [9.17, 15) is 14.0 Å². The Morgan fingerprint density at radius 2 is 1.76 bits per heavy atom. The number of ether oxygens (including phenoxy) is 1. The van der Waals surface area contributed by atoms with Crippen LogP contribution in [0.15, 0.2) is 60.8 Å². The third-order valence-electron chi connectivity index (χ3n) is 7.46. The van der Waals surface area contributed by atoms with Crippen LogP contribution >= 0.6 is 0 Å². The zero-order valence-corrected chi connectivity index (χ0v) is 21.0. The van der Waals surface area contributed by atoms with Crippen molar-refractivity contribution in [2.45, 2.75) is 57.3 Å². The summed E-state index contributed by atoms with van der Waals surface area (Å²) in [5.74, 6) is 0.975. The summed E-state index contributed by atoms with van der Waals surface area (Å²) >= 11 is 0. The second kappa shape index (κ2) is 10.6. The van der Waals surface area contributed by atoms with Gasteiger partial charge in [-0.1, -0.05) is 18.2 Å². The van der Waals surface area contributed by atoms with Gasteiger partial charge in [0.05, 0.1) is 12.7 Å². The predicted molar refractivity (Wildman–Crippen MR) is 139 cm³/mol. The molecule has 2 aliphatic rings. The molecule has 192 valence electrons. The third kappa shape index (κ3) is 5.28. The molecule has 3 aromatic rings. The Morgan fingerprint density at radius 1 is 1.03 bits per heavy atom. The molecule has 2 saturated heterocycles. The number of nitrogens with one attached hydrogen (secondary N) is 2. The lowest BCUT2D eigenvalue weighted by atomic mass is 9.96. The number of hydrogen-bond acceptors (Lipinski definition) is 5. The standard InChI is InChI=1S/C29H31FN4O3/c1-18-25(4-3-5-26(18)37-2)29(36)33-22-14-23-11-12-24(15-22)34(23)27-13-8-20(17-31-27)28(35)32-16-19-6-9-21(30)10-7-19/h3-10,13,17,22-24H,11-12,14-16H2,1-2H3,(H,32,35)(H,33,36)/t22-,23+,24-. The zero-order chi connectivity index (χ0) is 25.9. The number of amides is 2. The highest BCUT2D eigenvalue weighted by molar-refractivity contribution is 5.96. The van der Waals surface area contributed by atoms with Crippen LogP contribution in [0.5, 0.6) is 5.75 Å². The number of rotatable bonds is 7. The fraction of sp³-hybridized carbons (Fsp3) is 0.345. The molecule has 2 aliphatic heterocycles. The summed E-state index contributed by atoms with van der Waals surface area (Å²) in [7, 11) is 1.61. The number of carbonyl (C=O) groups is 2. The Labute approximate surface area is 216 Å². The van der Waals surface area contributed by atoms with E-state index >= 15 is 0 Å². The van der Waals surface area contributed by atoms with Crippen LogP contribution in [-0.2, 0) is 6.54 Å². The molecule has 2 fully saturated rings. The SMILES string of the molecule is COc1cccc(C(=O)N[C@H]2C[C@H]3CC[C@@H](C2)N3c2ccc(C(=O)NCc3ccc(F)cc3)cn2)c1C. The monoisotopic (exact) mass is 502 g/mol. The van der Waals surface area contributed by atoms with Gasteiger partial charge in [0.1, 0.15) is 17.4 Å². The lowest BCUT2D eigenvalue weighted by molar-refractivity contribution is 0.0923. The van der Waals surface area contributed by atoms with E-state index in [0.29, 0.717) is 35.5 Å². The van der Waals surface area contributed by atoms with E-state index in [-0.39, 0.29) is 23.7 Å². The molecule has 0 spiro atoms. The van der Waals surface area contributed by atoms with Crippen LogP contribution in [0.3, 0.4) is 0 Å². The third-order valence-corrected chi connectivity index (χ3v) is 7.46. The van der Waals surface area contributed by atoms with Crippen LogP contribution in [0.25, 0.3) is 0 Å². The zero-order valence-electron chi connectivity index (χ0n) is 21.0. The number of methoxy groups -OCH3 is 1. The van der Waals surface area contributed by atoms with Crippen molar-refractivity contribution < 1.29 is 18.7 Å². The maximum atomic E-state index is 13.1. The van der Waals surface area contributed by atoms with Crippen molar-refractivity contribution in [3.8, 4) is 5.75 Å². The van der Waals surface area contributed by atoms with Crippen LogP contribution in [0, 0.1) is 12.7 Å². The highest BCUT2D eigenvalue weighted by Gasteiger charge is 2.42. The van der Waals surface area contributed by atoms with Crippen LogP contribution in [0.4, 0.5) is 10.2 Å². The van der Waals surface area contributed by atoms with Gasteiger partial charge in [-0.2, -0.15) is 0 Å². The smallest absolute Gasteiger partial charge is 0.253 e. The van der Waals surface area contributed by atoms with Crippen molar-refractivity contribution in [1.29, 1.82) is 0 Å². The molecular weight excluding hydrogens is 471 g/mol. The van der Waals surface area contributed by atoms with Crippen molar-refractivity contribution in [2.75, 3.05) is 12.0 Å². The van der Waals surface area contributed by atoms with E-state index in [4.69, 9.17) is 4.74 Å². The topological polar surface area (TPSA) is 83.6 Å². The van der Waals surface area contributed by atoms with E-state index in [1.807, 2.05) is 31.2 Å².